The molecule has 0 saturated heterocycles. The lowest BCUT2D eigenvalue weighted by molar-refractivity contribution is -0.118. The summed E-state index contributed by atoms with van der Waals surface area (Å²) >= 11 is 0. The third kappa shape index (κ3) is 2.50. The van der Waals surface area contributed by atoms with Crippen LogP contribution in [0.25, 0.3) is 0 Å². The van der Waals surface area contributed by atoms with E-state index in [4.69, 9.17) is 15.2 Å². The van der Waals surface area contributed by atoms with Crippen LogP contribution in [0, 0.1) is 0 Å². The number of nitrogens with one attached hydrogen (secondary N) is 1. The Kier molecular flexibility index (Phi) is 2.93. The average Bonchev–Trinajstić information content (AvgIpc) is 3.08. The summed E-state index contributed by atoms with van der Waals surface area (Å²) in [6.45, 7) is 0. The number of benzene rings is 1. The Balaban J connectivity index is 2.17. The highest BCUT2D eigenvalue weighted by Gasteiger charge is 2.45. The topological polar surface area (TPSA) is 73.6 Å². The first-order valence-electron chi connectivity index (χ1n) is 5.41. The van der Waals surface area contributed by atoms with Crippen molar-refractivity contribution < 1.29 is 14.3 Å². The summed E-state index contributed by atoms with van der Waals surface area (Å²) in [5.74, 6) is 1.09. The van der Waals surface area contributed by atoms with Gasteiger partial charge in [-0.25, -0.2) is 0 Å². The monoisotopic (exact) mass is 236 g/mol. The van der Waals surface area contributed by atoms with E-state index in [-0.39, 0.29) is 5.91 Å². The summed E-state index contributed by atoms with van der Waals surface area (Å²) in [4.78, 5) is 11.8. The molecule has 3 N–H and O–H groups in total. The standard InChI is InChI=1S/C12H16N2O3/c1-16-9-5-8(6-10(7-9)17-2)14-11(15)12(13)3-4-12/h5-7H,3-4,13H2,1-2H3,(H,14,15). The fourth-order valence-electron chi connectivity index (χ4n) is 1.50. The van der Waals surface area contributed by atoms with Crippen LogP contribution in [0.2, 0.25) is 0 Å². The van der Waals surface area contributed by atoms with Gasteiger partial charge in [-0.2, -0.15) is 0 Å². The van der Waals surface area contributed by atoms with E-state index in [9.17, 15) is 4.79 Å². The number of rotatable bonds is 4. The van der Waals surface area contributed by atoms with Crippen LogP contribution in [-0.4, -0.2) is 25.7 Å². The van der Waals surface area contributed by atoms with E-state index in [1.54, 1.807) is 32.4 Å². The van der Waals surface area contributed by atoms with Crippen molar-refractivity contribution in [1.82, 2.24) is 0 Å². The highest BCUT2D eigenvalue weighted by atomic mass is 16.5. The molecule has 0 aromatic heterocycles. The molecule has 1 amide bonds. The Morgan fingerprint density at radius 1 is 1.24 bits per heavy atom. The number of carbonyl (C=O) groups is 1. The molecule has 2 rings (SSSR count). The summed E-state index contributed by atoms with van der Waals surface area (Å²) in [5, 5.41) is 2.77. The SMILES string of the molecule is COc1cc(NC(=O)C2(N)CC2)cc(OC)c1. The molecule has 17 heavy (non-hydrogen) atoms. The van der Waals surface area contributed by atoms with Gasteiger partial charge in [-0.1, -0.05) is 0 Å². The third-order valence-electron chi connectivity index (χ3n) is 2.85. The van der Waals surface area contributed by atoms with Gasteiger partial charge in [0.25, 0.3) is 0 Å². The van der Waals surface area contributed by atoms with E-state index in [2.05, 4.69) is 5.32 Å². The normalized spacial score (nSPS) is 16.2. The maximum Gasteiger partial charge on any atom is 0.244 e. The number of carbonyl (C=O) groups excluding carboxylic acids is 1. The second kappa shape index (κ2) is 4.25. The first kappa shape index (κ1) is 11.7. The molecule has 1 aromatic rings. The van der Waals surface area contributed by atoms with Crippen molar-refractivity contribution in [2.24, 2.45) is 5.73 Å². The minimum atomic E-state index is -0.684. The molecule has 0 radical (unpaired) electrons. The average molecular weight is 236 g/mol. The molecule has 0 spiro atoms. The molecule has 0 bridgehead atoms. The van der Waals surface area contributed by atoms with Crippen LogP contribution in [0.4, 0.5) is 5.69 Å². The fourth-order valence-corrected chi connectivity index (χ4v) is 1.50. The van der Waals surface area contributed by atoms with E-state index in [0.29, 0.717) is 17.2 Å². The van der Waals surface area contributed by atoms with Gasteiger partial charge in [-0.05, 0) is 12.8 Å². The molecular weight excluding hydrogens is 220 g/mol. The predicted molar refractivity (Wildman–Crippen MR) is 64.3 cm³/mol. The van der Waals surface area contributed by atoms with E-state index >= 15 is 0 Å². The van der Waals surface area contributed by atoms with E-state index < -0.39 is 5.54 Å². The van der Waals surface area contributed by atoms with Crippen molar-refractivity contribution in [1.29, 1.82) is 0 Å². The highest BCUT2D eigenvalue weighted by Crippen LogP contribution is 2.34. The molecule has 0 atom stereocenters. The summed E-state index contributed by atoms with van der Waals surface area (Å²) in [6.07, 6.45) is 1.47. The quantitative estimate of drug-likeness (QED) is 0.822. The Bertz CT molecular complexity index is 419. The molecule has 1 aliphatic carbocycles. The summed E-state index contributed by atoms with van der Waals surface area (Å²) < 4.78 is 10.2. The minimum absolute atomic E-state index is 0.159. The van der Waals surface area contributed by atoms with Crippen LogP contribution in [-0.2, 0) is 4.79 Å². The van der Waals surface area contributed by atoms with Crippen LogP contribution in [0.1, 0.15) is 12.8 Å². The number of ether oxygens (including phenoxy) is 2. The number of hydrogen-bond acceptors (Lipinski definition) is 4. The van der Waals surface area contributed by atoms with Gasteiger partial charge in [-0.15, -0.1) is 0 Å². The molecule has 5 nitrogen and oxygen atoms in total. The van der Waals surface area contributed by atoms with Gasteiger partial charge in [0.2, 0.25) is 5.91 Å². The Hall–Kier alpha value is -1.75. The smallest absolute Gasteiger partial charge is 0.244 e. The minimum Gasteiger partial charge on any atom is -0.497 e. The number of anilines is 1. The Morgan fingerprint density at radius 2 is 1.76 bits per heavy atom. The van der Waals surface area contributed by atoms with Crippen molar-refractivity contribution in [3.05, 3.63) is 18.2 Å². The zero-order valence-electron chi connectivity index (χ0n) is 9.95. The molecule has 5 heteroatoms. The van der Waals surface area contributed by atoms with Gasteiger partial charge < -0.3 is 20.5 Å². The first-order chi connectivity index (χ1) is 8.07. The number of methoxy groups -OCH3 is 2. The van der Waals surface area contributed by atoms with Crippen molar-refractivity contribution in [3.8, 4) is 11.5 Å². The molecule has 1 aromatic carbocycles. The van der Waals surface area contributed by atoms with Crippen molar-refractivity contribution in [2.45, 2.75) is 18.4 Å². The summed E-state index contributed by atoms with van der Waals surface area (Å²) in [5.41, 5.74) is 5.75. The highest BCUT2D eigenvalue weighted by molar-refractivity contribution is 6.00. The molecule has 0 heterocycles. The second-order valence-electron chi connectivity index (χ2n) is 4.21. The number of hydrogen-bond donors (Lipinski definition) is 2. The van der Waals surface area contributed by atoms with Gasteiger partial charge in [0.1, 0.15) is 11.5 Å². The molecule has 0 aliphatic heterocycles. The maximum atomic E-state index is 11.8. The molecule has 1 fully saturated rings. The Labute approximate surface area is 99.9 Å². The zero-order chi connectivity index (χ0) is 12.5. The molecule has 1 aliphatic rings. The van der Waals surface area contributed by atoms with Crippen molar-refractivity contribution in [2.75, 3.05) is 19.5 Å². The second-order valence-corrected chi connectivity index (χ2v) is 4.21. The lowest BCUT2D eigenvalue weighted by atomic mass is 10.2. The maximum absolute atomic E-state index is 11.8. The van der Waals surface area contributed by atoms with Gasteiger partial charge in [-0.3, -0.25) is 4.79 Å². The lowest BCUT2D eigenvalue weighted by Crippen LogP contribution is -2.37. The molecule has 0 unspecified atom stereocenters. The van der Waals surface area contributed by atoms with E-state index in [1.165, 1.54) is 0 Å². The zero-order valence-corrected chi connectivity index (χ0v) is 9.95. The number of nitrogens with two attached hydrogens (primary N) is 1. The largest absolute Gasteiger partial charge is 0.497 e. The first-order valence-corrected chi connectivity index (χ1v) is 5.41. The van der Waals surface area contributed by atoms with Gasteiger partial charge in [0.15, 0.2) is 0 Å². The van der Waals surface area contributed by atoms with Crippen molar-refractivity contribution in [3.63, 3.8) is 0 Å². The van der Waals surface area contributed by atoms with Crippen LogP contribution in [0.5, 0.6) is 11.5 Å². The fraction of sp³-hybridized carbons (Fsp3) is 0.417. The third-order valence-corrected chi connectivity index (χ3v) is 2.85. The van der Waals surface area contributed by atoms with Crippen LogP contribution in [0.3, 0.4) is 0 Å². The molecule has 1 saturated carbocycles. The van der Waals surface area contributed by atoms with Crippen LogP contribution in [0.15, 0.2) is 18.2 Å². The van der Waals surface area contributed by atoms with Gasteiger partial charge >= 0.3 is 0 Å². The van der Waals surface area contributed by atoms with Gasteiger partial charge in [0.05, 0.1) is 19.8 Å². The van der Waals surface area contributed by atoms with E-state index in [0.717, 1.165) is 12.8 Å². The lowest BCUT2D eigenvalue weighted by Gasteiger charge is -2.12. The van der Waals surface area contributed by atoms with Gasteiger partial charge in [0, 0.05) is 23.9 Å². The van der Waals surface area contributed by atoms with Crippen LogP contribution < -0.4 is 20.5 Å². The van der Waals surface area contributed by atoms with E-state index in [1.807, 2.05) is 0 Å². The predicted octanol–water partition coefficient (Wildman–Crippen LogP) is 1.13. The summed E-state index contributed by atoms with van der Waals surface area (Å²) in [7, 11) is 3.12. The number of amides is 1. The van der Waals surface area contributed by atoms with Crippen LogP contribution >= 0.6 is 0 Å². The molecule has 92 valence electrons. The van der Waals surface area contributed by atoms with Crippen molar-refractivity contribution >= 4 is 11.6 Å². The molecular formula is C12H16N2O3. The summed E-state index contributed by atoms with van der Waals surface area (Å²) in [6, 6.07) is 5.20. The Morgan fingerprint density at radius 3 is 2.18 bits per heavy atom.